The van der Waals surface area contributed by atoms with Crippen molar-refractivity contribution in [1.82, 2.24) is 10.6 Å². The normalized spacial score (nSPS) is 28.1. The number of halogens is 1. The molecule has 1 saturated carbocycles. The molecule has 1 aliphatic heterocycles. The van der Waals surface area contributed by atoms with Crippen LogP contribution in [0.2, 0.25) is 5.02 Å². The van der Waals surface area contributed by atoms with Gasteiger partial charge in [0.1, 0.15) is 11.8 Å². The summed E-state index contributed by atoms with van der Waals surface area (Å²) < 4.78 is 5.33. The molecule has 20 heavy (non-hydrogen) atoms. The van der Waals surface area contributed by atoms with Crippen LogP contribution in [0.3, 0.4) is 0 Å². The Hall–Kier alpha value is -1.52. The highest BCUT2D eigenvalue weighted by atomic mass is 35.5. The van der Waals surface area contributed by atoms with Gasteiger partial charge < -0.3 is 15.1 Å². The Morgan fingerprint density at radius 2 is 2.30 bits per heavy atom. The number of hydrogen-bond donors (Lipinski definition) is 2. The molecule has 1 saturated heterocycles. The number of nitrogens with one attached hydrogen (secondary N) is 2. The average molecular weight is 291 g/mol. The van der Waals surface area contributed by atoms with E-state index in [1.165, 1.54) is 12.7 Å². The van der Waals surface area contributed by atoms with Crippen molar-refractivity contribution in [2.75, 3.05) is 6.54 Å². The summed E-state index contributed by atoms with van der Waals surface area (Å²) in [6.45, 7) is 1.09. The largest absolute Gasteiger partial charge is 0.463 e. The molecule has 0 radical (unpaired) electrons. The number of carbonyl (C=O) groups excluding carboxylic acids is 1. The van der Waals surface area contributed by atoms with Crippen LogP contribution >= 0.6 is 11.6 Å². The number of piperidine rings is 1. The van der Waals surface area contributed by atoms with Crippen LogP contribution in [0.15, 0.2) is 28.9 Å². The van der Waals surface area contributed by atoms with Gasteiger partial charge >= 0.3 is 0 Å². The van der Waals surface area contributed by atoms with Crippen LogP contribution in [0.5, 0.6) is 0 Å². The molecule has 4 nitrogen and oxygen atoms in total. The Morgan fingerprint density at radius 1 is 1.40 bits per heavy atom. The van der Waals surface area contributed by atoms with Gasteiger partial charge in [-0.1, -0.05) is 11.6 Å². The lowest BCUT2D eigenvalue weighted by atomic mass is 10.1. The Balaban J connectivity index is 1.54. The number of furan rings is 1. The van der Waals surface area contributed by atoms with Gasteiger partial charge in [0, 0.05) is 23.0 Å². The maximum Gasteiger partial charge on any atom is 0.251 e. The lowest BCUT2D eigenvalue weighted by Crippen LogP contribution is -2.47. The highest BCUT2D eigenvalue weighted by molar-refractivity contribution is 6.35. The molecule has 2 fully saturated rings. The second-order valence-electron chi connectivity index (χ2n) is 5.73. The number of hydrogen-bond acceptors (Lipinski definition) is 3. The van der Waals surface area contributed by atoms with E-state index in [4.69, 9.17) is 16.0 Å². The summed E-state index contributed by atoms with van der Waals surface area (Å²) in [7, 11) is 0. The van der Waals surface area contributed by atoms with E-state index in [0.717, 1.165) is 24.3 Å². The predicted octanol–water partition coefficient (Wildman–Crippen LogP) is 2.57. The van der Waals surface area contributed by atoms with Crippen LogP contribution in [0.4, 0.5) is 0 Å². The van der Waals surface area contributed by atoms with E-state index < -0.39 is 0 Å². The van der Waals surface area contributed by atoms with Gasteiger partial charge in [-0.05, 0) is 43.5 Å². The van der Waals surface area contributed by atoms with Gasteiger partial charge in [0.05, 0.1) is 5.02 Å². The predicted molar refractivity (Wildman–Crippen MR) is 77.0 cm³/mol. The van der Waals surface area contributed by atoms with E-state index in [1.54, 1.807) is 12.1 Å². The van der Waals surface area contributed by atoms with Crippen LogP contribution in [0.1, 0.15) is 23.2 Å². The first kappa shape index (κ1) is 12.2. The molecule has 1 amide bonds. The monoisotopic (exact) mass is 290 g/mol. The summed E-state index contributed by atoms with van der Waals surface area (Å²) in [4.78, 5) is 12.3. The summed E-state index contributed by atoms with van der Waals surface area (Å²) in [6, 6.07) is 6.05. The van der Waals surface area contributed by atoms with Gasteiger partial charge in [0.15, 0.2) is 0 Å². The second-order valence-corrected chi connectivity index (χ2v) is 6.13. The number of carbonyl (C=O) groups is 1. The lowest BCUT2D eigenvalue weighted by Gasteiger charge is -2.23. The molecule has 1 aliphatic carbocycles. The summed E-state index contributed by atoms with van der Waals surface area (Å²) in [5, 5.41) is 7.98. The Labute approximate surface area is 121 Å². The van der Waals surface area contributed by atoms with Crippen molar-refractivity contribution in [1.29, 1.82) is 0 Å². The van der Waals surface area contributed by atoms with E-state index in [0.29, 0.717) is 22.2 Å². The summed E-state index contributed by atoms with van der Waals surface area (Å²) in [5.41, 5.74) is 1.26. The van der Waals surface area contributed by atoms with Gasteiger partial charge in [0.2, 0.25) is 0 Å². The van der Waals surface area contributed by atoms with Gasteiger partial charge in [0.25, 0.3) is 5.91 Å². The molecule has 2 aromatic rings. The standard InChI is InChI=1S/C15H15ClN2O2/c16-11-7-20-14-5-9(1-2-10(11)14)15(19)18-13-4-8-3-12(13)17-6-8/h1-2,5,7-8,12-13,17H,3-4,6H2,(H,18,19). The molecule has 4 rings (SSSR count). The first-order chi connectivity index (χ1) is 9.70. The molecular weight excluding hydrogens is 276 g/mol. The molecule has 104 valence electrons. The third kappa shape index (κ3) is 1.91. The van der Waals surface area contributed by atoms with E-state index >= 15 is 0 Å². The highest BCUT2D eigenvalue weighted by Gasteiger charge is 2.40. The van der Waals surface area contributed by atoms with Gasteiger partial charge in [-0.2, -0.15) is 0 Å². The third-order valence-corrected chi connectivity index (χ3v) is 4.73. The molecule has 1 aromatic heterocycles. The number of benzene rings is 1. The van der Waals surface area contributed by atoms with E-state index in [1.807, 2.05) is 6.07 Å². The van der Waals surface area contributed by atoms with Gasteiger partial charge in [-0.15, -0.1) is 0 Å². The lowest BCUT2D eigenvalue weighted by molar-refractivity contribution is 0.0928. The van der Waals surface area contributed by atoms with Crippen LogP contribution in [-0.2, 0) is 0 Å². The van der Waals surface area contributed by atoms with Crippen molar-refractivity contribution < 1.29 is 9.21 Å². The van der Waals surface area contributed by atoms with Crippen LogP contribution < -0.4 is 10.6 Å². The molecule has 2 N–H and O–H groups in total. The molecule has 5 heteroatoms. The van der Waals surface area contributed by atoms with Crippen LogP contribution in [-0.4, -0.2) is 24.5 Å². The van der Waals surface area contributed by atoms with E-state index in [-0.39, 0.29) is 11.9 Å². The molecule has 1 aromatic carbocycles. The molecule has 3 unspecified atom stereocenters. The fourth-order valence-electron chi connectivity index (χ4n) is 3.40. The van der Waals surface area contributed by atoms with Crippen molar-refractivity contribution in [3.63, 3.8) is 0 Å². The van der Waals surface area contributed by atoms with Crippen LogP contribution in [0, 0.1) is 5.92 Å². The van der Waals surface area contributed by atoms with E-state index in [2.05, 4.69) is 10.6 Å². The first-order valence-corrected chi connectivity index (χ1v) is 7.29. The zero-order chi connectivity index (χ0) is 13.7. The molecule has 0 spiro atoms. The quantitative estimate of drug-likeness (QED) is 0.894. The molecule has 2 heterocycles. The number of amides is 1. The van der Waals surface area contributed by atoms with E-state index in [9.17, 15) is 4.79 Å². The number of rotatable bonds is 2. The fourth-order valence-corrected chi connectivity index (χ4v) is 3.60. The van der Waals surface area contributed by atoms with Crippen LogP contribution in [0.25, 0.3) is 11.0 Å². The Bertz CT molecular complexity index is 682. The zero-order valence-electron chi connectivity index (χ0n) is 10.9. The van der Waals surface area contributed by atoms with Gasteiger partial charge in [-0.25, -0.2) is 0 Å². The minimum absolute atomic E-state index is 0.0428. The zero-order valence-corrected chi connectivity index (χ0v) is 11.6. The molecular formula is C15H15ClN2O2. The first-order valence-electron chi connectivity index (χ1n) is 6.92. The van der Waals surface area contributed by atoms with Crippen molar-refractivity contribution in [3.05, 3.63) is 35.0 Å². The fraction of sp³-hybridized carbons (Fsp3) is 0.400. The summed E-state index contributed by atoms with van der Waals surface area (Å²) in [5.74, 6) is 0.676. The summed E-state index contributed by atoms with van der Waals surface area (Å²) in [6.07, 6.45) is 3.75. The molecule has 2 bridgehead atoms. The number of fused-ring (bicyclic) bond motifs is 3. The van der Waals surface area contributed by atoms with Crippen molar-refractivity contribution in [2.24, 2.45) is 5.92 Å². The second kappa shape index (κ2) is 4.50. The highest BCUT2D eigenvalue weighted by Crippen LogP contribution is 2.31. The maximum absolute atomic E-state index is 12.3. The topological polar surface area (TPSA) is 54.3 Å². The maximum atomic E-state index is 12.3. The molecule has 2 aliphatic rings. The summed E-state index contributed by atoms with van der Waals surface area (Å²) >= 11 is 5.98. The average Bonchev–Trinajstić information content (AvgIpc) is 3.14. The molecule has 3 atom stereocenters. The minimum Gasteiger partial charge on any atom is -0.463 e. The minimum atomic E-state index is -0.0428. The van der Waals surface area contributed by atoms with Crippen molar-refractivity contribution in [3.8, 4) is 0 Å². The van der Waals surface area contributed by atoms with Crippen molar-refractivity contribution >= 4 is 28.5 Å². The SMILES string of the molecule is O=C(NC1CC2CNC1C2)c1ccc2c(Cl)coc2c1. The van der Waals surface area contributed by atoms with Gasteiger partial charge in [-0.3, -0.25) is 4.79 Å². The Kier molecular flexibility index (Phi) is 2.75. The Morgan fingerprint density at radius 3 is 3.05 bits per heavy atom. The smallest absolute Gasteiger partial charge is 0.251 e. The third-order valence-electron chi connectivity index (χ3n) is 4.44. The van der Waals surface area contributed by atoms with Crippen molar-refractivity contribution in [2.45, 2.75) is 24.9 Å².